The largest absolute Gasteiger partial charge is 0.337 e. The Labute approximate surface area is 111 Å². The van der Waals surface area contributed by atoms with E-state index in [-0.39, 0.29) is 18.3 Å². The second-order valence-electron chi connectivity index (χ2n) is 4.56. The van der Waals surface area contributed by atoms with Gasteiger partial charge in [-0.3, -0.25) is 9.89 Å². The number of amides is 1. The van der Waals surface area contributed by atoms with Gasteiger partial charge >= 0.3 is 0 Å². The van der Waals surface area contributed by atoms with Crippen LogP contribution in [0.2, 0.25) is 0 Å². The molecule has 0 saturated carbocycles. The van der Waals surface area contributed by atoms with Crippen LogP contribution in [-0.4, -0.2) is 28.1 Å². The zero-order chi connectivity index (χ0) is 14.0. The quantitative estimate of drug-likeness (QED) is 0.922. The van der Waals surface area contributed by atoms with Crippen LogP contribution in [0.5, 0.6) is 0 Å². The van der Waals surface area contributed by atoms with E-state index < -0.39 is 0 Å². The van der Waals surface area contributed by atoms with E-state index in [2.05, 4.69) is 10.2 Å². The number of aryl methyl sites for hydroxylation is 2. The van der Waals surface area contributed by atoms with Crippen LogP contribution >= 0.6 is 0 Å². The molecule has 5 heteroatoms. The van der Waals surface area contributed by atoms with E-state index in [9.17, 15) is 9.18 Å². The van der Waals surface area contributed by atoms with Gasteiger partial charge in [-0.15, -0.1) is 0 Å². The molecule has 100 valence electrons. The fraction of sp³-hybridized carbons (Fsp3) is 0.286. The summed E-state index contributed by atoms with van der Waals surface area (Å²) in [4.78, 5) is 13.8. The number of aromatic nitrogens is 2. The van der Waals surface area contributed by atoms with Gasteiger partial charge in [-0.2, -0.15) is 5.10 Å². The average molecular weight is 261 g/mol. The smallest absolute Gasteiger partial charge is 0.257 e. The lowest BCUT2D eigenvalue weighted by atomic mass is 10.1. The molecular weight excluding hydrogens is 245 g/mol. The molecule has 4 nitrogen and oxygen atoms in total. The summed E-state index contributed by atoms with van der Waals surface area (Å²) in [7, 11) is 1.65. The number of hydrogen-bond acceptors (Lipinski definition) is 2. The van der Waals surface area contributed by atoms with Crippen molar-refractivity contribution in [1.82, 2.24) is 15.1 Å². The monoisotopic (exact) mass is 261 g/mol. The van der Waals surface area contributed by atoms with Crippen LogP contribution in [0, 0.1) is 19.7 Å². The predicted octanol–water partition coefficient (Wildman–Crippen LogP) is 2.44. The van der Waals surface area contributed by atoms with E-state index in [1.807, 2.05) is 0 Å². The third-order valence-electron chi connectivity index (χ3n) is 3.05. The molecule has 0 radical (unpaired) electrons. The van der Waals surface area contributed by atoms with Crippen molar-refractivity contribution in [2.24, 2.45) is 0 Å². The molecule has 0 atom stereocenters. The SMILES string of the molecule is Cc1n[nH]c(C)c1C(=O)N(C)Cc1ccccc1F. The van der Waals surface area contributed by atoms with Crippen LogP contribution in [0.1, 0.15) is 27.3 Å². The van der Waals surface area contributed by atoms with Gasteiger partial charge in [0, 0.05) is 24.8 Å². The Morgan fingerprint density at radius 3 is 2.63 bits per heavy atom. The van der Waals surface area contributed by atoms with Gasteiger partial charge in [0.05, 0.1) is 11.3 Å². The summed E-state index contributed by atoms with van der Waals surface area (Å²) in [5.41, 5.74) is 2.43. The summed E-state index contributed by atoms with van der Waals surface area (Å²) < 4.78 is 13.6. The first-order chi connectivity index (χ1) is 9.00. The second-order valence-corrected chi connectivity index (χ2v) is 4.56. The minimum atomic E-state index is -0.303. The average Bonchev–Trinajstić information content (AvgIpc) is 2.71. The number of hydrogen-bond donors (Lipinski definition) is 1. The van der Waals surface area contributed by atoms with Crippen molar-refractivity contribution in [3.63, 3.8) is 0 Å². The fourth-order valence-corrected chi connectivity index (χ4v) is 2.01. The number of rotatable bonds is 3. The Bertz CT molecular complexity index is 587. The molecule has 1 N–H and O–H groups in total. The predicted molar refractivity (Wildman–Crippen MR) is 70.3 cm³/mol. The third-order valence-corrected chi connectivity index (χ3v) is 3.05. The summed E-state index contributed by atoms with van der Waals surface area (Å²) in [6.45, 7) is 3.80. The van der Waals surface area contributed by atoms with Crippen LogP contribution in [-0.2, 0) is 6.54 Å². The van der Waals surface area contributed by atoms with Gasteiger partial charge < -0.3 is 4.90 Å². The second kappa shape index (κ2) is 5.22. The molecule has 1 amide bonds. The maximum atomic E-state index is 13.6. The van der Waals surface area contributed by atoms with Crippen molar-refractivity contribution in [2.75, 3.05) is 7.05 Å². The van der Waals surface area contributed by atoms with Crippen LogP contribution in [0.4, 0.5) is 4.39 Å². The molecule has 0 spiro atoms. The van der Waals surface area contributed by atoms with Crippen molar-refractivity contribution < 1.29 is 9.18 Å². The van der Waals surface area contributed by atoms with Gasteiger partial charge in [-0.1, -0.05) is 18.2 Å². The lowest BCUT2D eigenvalue weighted by Crippen LogP contribution is -2.27. The minimum Gasteiger partial charge on any atom is -0.337 e. The first-order valence-electron chi connectivity index (χ1n) is 6.01. The van der Waals surface area contributed by atoms with Gasteiger partial charge in [0.15, 0.2) is 0 Å². The number of benzene rings is 1. The zero-order valence-electron chi connectivity index (χ0n) is 11.2. The highest BCUT2D eigenvalue weighted by molar-refractivity contribution is 5.96. The molecule has 19 heavy (non-hydrogen) atoms. The number of carbonyl (C=O) groups excluding carboxylic acids is 1. The summed E-state index contributed by atoms with van der Waals surface area (Å²) >= 11 is 0. The Morgan fingerprint density at radius 1 is 1.37 bits per heavy atom. The first-order valence-corrected chi connectivity index (χ1v) is 6.01. The molecule has 1 heterocycles. The summed E-state index contributed by atoms with van der Waals surface area (Å²) in [6.07, 6.45) is 0. The highest BCUT2D eigenvalue weighted by atomic mass is 19.1. The van der Waals surface area contributed by atoms with E-state index in [0.29, 0.717) is 16.8 Å². The number of nitrogens with one attached hydrogen (secondary N) is 1. The minimum absolute atomic E-state index is 0.160. The number of nitrogens with zero attached hydrogens (tertiary/aromatic N) is 2. The maximum absolute atomic E-state index is 13.6. The zero-order valence-corrected chi connectivity index (χ0v) is 11.2. The topological polar surface area (TPSA) is 49.0 Å². The van der Waals surface area contributed by atoms with Gasteiger partial charge in [-0.05, 0) is 19.9 Å². The number of halogens is 1. The first kappa shape index (κ1) is 13.3. The molecule has 0 unspecified atom stereocenters. The van der Waals surface area contributed by atoms with E-state index in [4.69, 9.17) is 0 Å². The van der Waals surface area contributed by atoms with Crippen molar-refractivity contribution in [1.29, 1.82) is 0 Å². The van der Waals surface area contributed by atoms with E-state index in [1.165, 1.54) is 11.0 Å². The molecule has 1 aromatic heterocycles. The van der Waals surface area contributed by atoms with Gasteiger partial charge in [-0.25, -0.2) is 4.39 Å². The fourth-order valence-electron chi connectivity index (χ4n) is 2.01. The molecule has 2 rings (SSSR count). The Balaban J connectivity index is 2.19. The summed E-state index contributed by atoms with van der Waals surface area (Å²) in [5.74, 6) is -0.463. The van der Waals surface area contributed by atoms with E-state index >= 15 is 0 Å². The van der Waals surface area contributed by atoms with Crippen molar-refractivity contribution in [2.45, 2.75) is 20.4 Å². The number of aromatic amines is 1. The summed E-state index contributed by atoms with van der Waals surface area (Å²) in [5, 5.41) is 6.77. The highest BCUT2D eigenvalue weighted by Crippen LogP contribution is 2.15. The highest BCUT2D eigenvalue weighted by Gasteiger charge is 2.19. The molecule has 0 bridgehead atoms. The molecular formula is C14H16FN3O. The molecule has 0 aliphatic heterocycles. The lowest BCUT2D eigenvalue weighted by molar-refractivity contribution is 0.0782. The lowest BCUT2D eigenvalue weighted by Gasteiger charge is -2.17. The Kier molecular flexibility index (Phi) is 3.64. The normalized spacial score (nSPS) is 10.5. The molecule has 0 fully saturated rings. The van der Waals surface area contributed by atoms with Crippen LogP contribution in [0.3, 0.4) is 0 Å². The van der Waals surface area contributed by atoms with Crippen LogP contribution in [0.15, 0.2) is 24.3 Å². The van der Waals surface area contributed by atoms with Crippen molar-refractivity contribution in [3.8, 4) is 0 Å². The van der Waals surface area contributed by atoms with Crippen molar-refractivity contribution >= 4 is 5.91 Å². The van der Waals surface area contributed by atoms with Crippen LogP contribution < -0.4 is 0 Å². The molecule has 0 aliphatic carbocycles. The number of carbonyl (C=O) groups is 1. The van der Waals surface area contributed by atoms with E-state index in [0.717, 1.165) is 5.69 Å². The van der Waals surface area contributed by atoms with Gasteiger partial charge in [0.1, 0.15) is 5.82 Å². The maximum Gasteiger partial charge on any atom is 0.257 e. The Hall–Kier alpha value is -2.17. The van der Waals surface area contributed by atoms with Crippen molar-refractivity contribution in [3.05, 3.63) is 52.6 Å². The molecule has 0 saturated heterocycles. The molecule has 2 aromatic rings. The summed E-state index contributed by atoms with van der Waals surface area (Å²) in [6, 6.07) is 6.45. The van der Waals surface area contributed by atoms with Crippen LogP contribution in [0.25, 0.3) is 0 Å². The standard InChI is InChI=1S/C14H16FN3O/c1-9-13(10(2)17-16-9)14(19)18(3)8-11-6-4-5-7-12(11)15/h4-7H,8H2,1-3H3,(H,16,17). The van der Waals surface area contributed by atoms with Gasteiger partial charge in [0.25, 0.3) is 5.91 Å². The molecule has 1 aromatic carbocycles. The van der Waals surface area contributed by atoms with Gasteiger partial charge in [0.2, 0.25) is 0 Å². The Morgan fingerprint density at radius 2 is 2.05 bits per heavy atom. The molecule has 0 aliphatic rings. The third kappa shape index (κ3) is 2.65. The number of H-pyrrole nitrogens is 1. The van der Waals surface area contributed by atoms with E-state index in [1.54, 1.807) is 39.1 Å².